The summed E-state index contributed by atoms with van der Waals surface area (Å²) in [6.45, 7) is -1.41. The highest BCUT2D eigenvalue weighted by molar-refractivity contribution is 6.04. The molecule has 0 amide bonds. The SMILES string of the molecule is CC(=O)OCOC(=O)CN(CC(=O)O)c1c(O)ccc2c1Oc1cc(O)ccc1C21OC(=O)c2c1ccc(C)c2N(CC(=O)O)CC(=O)O. The van der Waals surface area contributed by atoms with Crippen LogP contribution in [0.4, 0.5) is 11.4 Å². The zero-order valence-corrected chi connectivity index (χ0v) is 25.8. The van der Waals surface area contributed by atoms with Gasteiger partial charge in [-0.2, -0.15) is 0 Å². The highest BCUT2D eigenvalue weighted by Gasteiger charge is 2.56. The van der Waals surface area contributed by atoms with Crippen LogP contribution in [0, 0.1) is 6.92 Å². The molecule has 0 fully saturated rings. The van der Waals surface area contributed by atoms with Crippen LogP contribution >= 0.6 is 0 Å². The Hall–Kier alpha value is -6.52. The number of benzene rings is 3. The Labute approximate surface area is 276 Å². The number of esters is 3. The predicted octanol–water partition coefficient (Wildman–Crippen LogP) is 1.90. The average molecular weight is 681 g/mol. The van der Waals surface area contributed by atoms with Crippen molar-refractivity contribution in [2.45, 2.75) is 19.4 Å². The third-order valence-corrected chi connectivity index (χ3v) is 7.67. The number of anilines is 2. The highest BCUT2D eigenvalue weighted by atomic mass is 16.7. The number of carboxylic acids is 3. The number of carbonyl (C=O) groups excluding carboxylic acids is 3. The molecule has 17 nitrogen and oxygen atoms in total. The van der Waals surface area contributed by atoms with Gasteiger partial charge in [-0.05, 0) is 36.8 Å². The second-order valence-electron chi connectivity index (χ2n) is 11.0. The molecule has 2 heterocycles. The van der Waals surface area contributed by atoms with E-state index in [1.807, 2.05) is 0 Å². The number of fused-ring (bicyclic) bond motifs is 6. The molecule has 5 N–H and O–H groups in total. The molecule has 256 valence electrons. The van der Waals surface area contributed by atoms with Crippen LogP contribution < -0.4 is 14.5 Å². The summed E-state index contributed by atoms with van der Waals surface area (Å²) in [4.78, 5) is 75.1. The van der Waals surface area contributed by atoms with Crippen LogP contribution in [0.3, 0.4) is 0 Å². The van der Waals surface area contributed by atoms with Crippen molar-refractivity contribution >= 4 is 47.2 Å². The van der Waals surface area contributed by atoms with Gasteiger partial charge in [0.2, 0.25) is 6.79 Å². The lowest BCUT2D eigenvalue weighted by Crippen LogP contribution is -2.38. The summed E-state index contributed by atoms with van der Waals surface area (Å²) in [6.07, 6.45) is 0. The number of phenols is 2. The number of aliphatic carboxylic acids is 3. The van der Waals surface area contributed by atoms with Crippen molar-refractivity contribution in [2.75, 3.05) is 42.8 Å². The van der Waals surface area contributed by atoms with Crippen molar-refractivity contribution in [1.82, 2.24) is 0 Å². The van der Waals surface area contributed by atoms with E-state index in [0.29, 0.717) is 5.56 Å². The zero-order valence-electron chi connectivity index (χ0n) is 25.8. The second kappa shape index (κ2) is 12.9. The maximum absolute atomic E-state index is 13.9. The first kappa shape index (κ1) is 33.8. The van der Waals surface area contributed by atoms with Crippen LogP contribution in [0.2, 0.25) is 0 Å². The number of hydrogen-bond acceptors (Lipinski definition) is 14. The number of carboxylic acid groups (broad SMARTS) is 3. The van der Waals surface area contributed by atoms with E-state index in [0.717, 1.165) is 22.8 Å². The molecule has 1 unspecified atom stereocenters. The third kappa shape index (κ3) is 6.28. The summed E-state index contributed by atoms with van der Waals surface area (Å²) >= 11 is 0. The summed E-state index contributed by atoms with van der Waals surface area (Å²) in [5.74, 6) is -8.24. The Morgan fingerprint density at radius 1 is 0.776 bits per heavy atom. The van der Waals surface area contributed by atoms with Crippen LogP contribution in [-0.2, 0) is 43.8 Å². The van der Waals surface area contributed by atoms with Gasteiger partial charge in [-0.15, -0.1) is 0 Å². The molecule has 17 heteroatoms. The van der Waals surface area contributed by atoms with Gasteiger partial charge >= 0.3 is 35.8 Å². The summed E-state index contributed by atoms with van der Waals surface area (Å²) < 4.78 is 21.7. The Balaban J connectivity index is 1.76. The van der Waals surface area contributed by atoms with Crippen molar-refractivity contribution < 1.29 is 73.2 Å². The van der Waals surface area contributed by atoms with Gasteiger partial charge in [-0.3, -0.25) is 24.0 Å². The first-order valence-electron chi connectivity index (χ1n) is 14.3. The van der Waals surface area contributed by atoms with Gasteiger partial charge in [0.1, 0.15) is 49.1 Å². The minimum atomic E-state index is -1.95. The molecule has 3 aromatic carbocycles. The van der Waals surface area contributed by atoms with E-state index >= 15 is 0 Å². The van der Waals surface area contributed by atoms with E-state index in [4.69, 9.17) is 14.2 Å². The van der Waals surface area contributed by atoms with Crippen molar-refractivity contribution in [3.8, 4) is 23.0 Å². The molecule has 2 aliphatic heterocycles. The fourth-order valence-electron chi connectivity index (χ4n) is 5.93. The van der Waals surface area contributed by atoms with Crippen LogP contribution in [0.1, 0.15) is 39.5 Å². The number of aromatic hydroxyl groups is 2. The number of rotatable bonds is 12. The number of ether oxygens (including phenoxy) is 4. The lowest BCUT2D eigenvalue weighted by Gasteiger charge is -2.38. The standard InChI is InChI=1S/C32H28N2O15/c1-15-3-5-19-27(28(15)33(10-23(38)39)11-24(40)41)31(45)49-32(19)18-6-4-17(36)9-22(18)48-30-20(32)7-8-21(37)29(30)34(12-25(42)43)13-26(44)47-14-46-16(2)35/h3-9,36-37H,10-14H2,1-2H3,(H,38,39)(H,40,41)(H,42,43). The summed E-state index contributed by atoms with van der Waals surface area (Å²) in [5, 5.41) is 50.4. The van der Waals surface area contributed by atoms with Crippen LogP contribution in [0.25, 0.3) is 0 Å². The van der Waals surface area contributed by atoms with Gasteiger partial charge in [0.05, 0.1) is 16.8 Å². The number of carbonyl (C=O) groups is 6. The largest absolute Gasteiger partial charge is 0.508 e. The van der Waals surface area contributed by atoms with Gasteiger partial charge in [-0.1, -0.05) is 12.1 Å². The fraction of sp³-hybridized carbons (Fsp3) is 0.250. The lowest BCUT2D eigenvalue weighted by molar-refractivity contribution is -0.164. The number of nitrogens with zero attached hydrogens (tertiary/aromatic N) is 2. The van der Waals surface area contributed by atoms with Gasteiger partial charge < -0.3 is 54.3 Å². The monoisotopic (exact) mass is 680 g/mol. The number of hydrogen-bond donors (Lipinski definition) is 5. The Morgan fingerprint density at radius 3 is 1.98 bits per heavy atom. The van der Waals surface area contributed by atoms with E-state index < -0.39 is 80.1 Å². The van der Waals surface area contributed by atoms with Gasteiger partial charge in [0, 0.05) is 24.1 Å². The Bertz CT molecular complexity index is 1910. The quantitative estimate of drug-likeness (QED) is 0.135. The summed E-state index contributed by atoms with van der Waals surface area (Å²) in [7, 11) is 0. The van der Waals surface area contributed by atoms with E-state index in [2.05, 4.69) is 4.74 Å². The van der Waals surface area contributed by atoms with E-state index in [1.54, 1.807) is 6.92 Å². The second-order valence-corrected chi connectivity index (χ2v) is 11.0. The van der Waals surface area contributed by atoms with Crippen LogP contribution in [-0.4, -0.2) is 94.3 Å². The molecule has 0 aromatic heterocycles. The van der Waals surface area contributed by atoms with Crippen molar-refractivity contribution in [2.24, 2.45) is 0 Å². The van der Waals surface area contributed by atoms with Crippen molar-refractivity contribution in [3.63, 3.8) is 0 Å². The van der Waals surface area contributed by atoms with E-state index in [-0.39, 0.29) is 50.9 Å². The Morgan fingerprint density at radius 2 is 1.37 bits per heavy atom. The predicted molar refractivity (Wildman–Crippen MR) is 163 cm³/mol. The van der Waals surface area contributed by atoms with Gasteiger partial charge in [0.15, 0.2) is 11.4 Å². The topological polar surface area (TPSA) is 247 Å². The van der Waals surface area contributed by atoms with Crippen LogP contribution in [0.15, 0.2) is 42.5 Å². The molecular weight excluding hydrogens is 652 g/mol. The summed E-state index contributed by atoms with van der Waals surface area (Å²) in [6, 6.07) is 9.37. The molecule has 2 aliphatic rings. The maximum atomic E-state index is 13.9. The maximum Gasteiger partial charge on any atom is 0.342 e. The molecular formula is C32H28N2O15. The molecule has 0 saturated heterocycles. The first-order chi connectivity index (χ1) is 23.1. The zero-order chi connectivity index (χ0) is 35.8. The van der Waals surface area contributed by atoms with Gasteiger partial charge in [-0.25, -0.2) is 4.79 Å². The third-order valence-electron chi connectivity index (χ3n) is 7.67. The van der Waals surface area contributed by atoms with Crippen molar-refractivity contribution in [1.29, 1.82) is 0 Å². The summed E-state index contributed by atoms with van der Waals surface area (Å²) in [5.41, 5.74) is -1.86. The van der Waals surface area contributed by atoms with Gasteiger partial charge in [0.25, 0.3) is 0 Å². The molecule has 1 spiro atoms. The molecule has 0 radical (unpaired) electrons. The first-order valence-corrected chi connectivity index (χ1v) is 14.3. The molecule has 1 atom stereocenters. The Kier molecular flexibility index (Phi) is 8.93. The smallest absolute Gasteiger partial charge is 0.342 e. The molecule has 5 rings (SSSR count). The van der Waals surface area contributed by atoms with Crippen LogP contribution in [0.5, 0.6) is 23.0 Å². The van der Waals surface area contributed by atoms with E-state index in [9.17, 15) is 54.3 Å². The minimum Gasteiger partial charge on any atom is -0.508 e. The minimum absolute atomic E-state index is 0.0204. The number of aryl methyl sites for hydroxylation is 1. The fourth-order valence-corrected chi connectivity index (χ4v) is 5.93. The molecule has 49 heavy (non-hydrogen) atoms. The molecule has 0 aliphatic carbocycles. The molecule has 0 bridgehead atoms. The van der Waals surface area contributed by atoms with E-state index in [1.165, 1.54) is 36.4 Å². The highest BCUT2D eigenvalue weighted by Crippen LogP contribution is 2.60. The van der Waals surface area contributed by atoms with Crippen molar-refractivity contribution in [3.05, 3.63) is 70.3 Å². The molecule has 0 saturated carbocycles. The normalized spacial score (nSPS) is 15.2. The lowest BCUT2D eigenvalue weighted by atomic mass is 9.76. The molecule has 3 aromatic rings. The average Bonchev–Trinajstić information content (AvgIpc) is 3.27. The number of phenolic OH excluding ortho intramolecular Hbond substituents is 2.